The molecule has 1 heterocycles. The third-order valence-electron chi connectivity index (χ3n) is 2.63. The molecule has 0 spiro atoms. The predicted molar refractivity (Wildman–Crippen MR) is 62.6 cm³/mol. The zero-order valence-corrected chi connectivity index (χ0v) is 9.65. The van der Waals surface area contributed by atoms with Crippen LogP contribution in [0.2, 0.25) is 10.0 Å². The van der Waals surface area contributed by atoms with Crippen molar-refractivity contribution in [1.29, 1.82) is 5.26 Å². The average molecular weight is 241 g/mol. The highest BCUT2D eigenvalue weighted by Gasteiger charge is 2.18. The molecule has 0 amide bonds. The SMILES string of the molecule is N#Cc1ccc(N2CCCC2)c(Cl)c1Cl. The summed E-state index contributed by atoms with van der Waals surface area (Å²) in [5.74, 6) is 0. The first kappa shape index (κ1) is 10.6. The van der Waals surface area contributed by atoms with Crippen molar-refractivity contribution in [3.05, 3.63) is 27.7 Å². The normalized spacial score (nSPS) is 15.4. The number of halogens is 2. The van der Waals surface area contributed by atoms with Gasteiger partial charge < -0.3 is 4.90 Å². The number of hydrogen-bond donors (Lipinski definition) is 0. The quantitative estimate of drug-likeness (QED) is 0.752. The highest BCUT2D eigenvalue weighted by molar-refractivity contribution is 6.44. The summed E-state index contributed by atoms with van der Waals surface area (Å²) in [6, 6.07) is 5.62. The van der Waals surface area contributed by atoms with Crippen molar-refractivity contribution in [3.63, 3.8) is 0 Å². The largest absolute Gasteiger partial charge is 0.370 e. The molecule has 1 saturated heterocycles. The predicted octanol–water partition coefficient (Wildman–Crippen LogP) is 3.47. The van der Waals surface area contributed by atoms with Crippen molar-refractivity contribution in [1.82, 2.24) is 0 Å². The lowest BCUT2D eigenvalue weighted by atomic mass is 10.2. The van der Waals surface area contributed by atoms with Crippen molar-refractivity contribution >= 4 is 28.9 Å². The van der Waals surface area contributed by atoms with Gasteiger partial charge in [0.1, 0.15) is 6.07 Å². The Hall–Kier alpha value is -0.910. The van der Waals surface area contributed by atoms with Crippen LogP contribution in [-0.2, 0) is 0 Å². The lowest BCUT2D eigenvalue weighted by molar-refractivity contribution is 0.949. The first-order valence-corrected chi connectivity index (χ1v) is 5.62. The molecule has 0 saturated carbocycles. The standard InChI is InChI=1S/C11H10Cl2N2/c12-10-8(7-14)3-4-9(11(10)13)15-5-1-2-6-15/h3-4H,1-2,5-6H2. The van der Waals surface area contributed by atoms with E-state index in [2.05, 4.69) is 4.90 Å². The molecule has 4 heteroatoms. The fourth-order valence-corrected chi connectivity index (χ4v) is 2.31. The molecule has 0 aromatic heterocycles. The molecule has 1 aromatic carbocycles. The molecule has 15 heavy (non-hydrogen) atoms. The van der Waals surface area contributed by atoms with Crippen LogP contribution >= 0.6 is 23.2 Å². The Kier molecular flexibility index (Phi) is 3.04. The minimum Gasteiger partial charge on any atom is -0.370 e. The van der Waals surface area contributed by atoms with E-state index in [-0.39, 0.29) is 0 Å². The van der Waals surface area contributed by atoms with Gasteiger partial charge in [0.25, 0.3) is 0 Å². The Balaban J connectivity index is 2.42. The van der Waals surface area contributed by atoms with E-state index in [1.807, 2.05) is 12.1 Å². The van der Waals surface area contributed by atoms with Crippen LogP contribution in [0.15, 0.2) is 12.1 Å². The van der Waals surface area contributed by atoms with E-state index in [1.165, 1.54) is 12.8 Å². The van der Waals surface area contributed by atoms with Crippen LogP contribution in [0.3, 0.4) is 0 Å². The van der Waals surface area contributed by atoms with Crippen molar-refractivity contribution in [2.24, 2.45) is 0 Å². The molecule has 1 aromatic rings. The van der Waals surface area contributed by atoms with Gasteiger partial charge >= 0.3 is 0 Å². The third-order valence-corrected chi connectivity index (χ3v) is 3.50. The summed E-state index contributed by atoms with van der Waals surface area (Å²) < 4.78 is 0. The molecule has 78 valence electrons. The molecular weight excluding hydrogens is 231 g/mol. The van der Waals surface area contributed by atoms with E-state index >= 15 is 0 Å². The third kappa shape index (κ3) is 1.90. The van der Waals surface area contributed by atoms with E-state index in [0.29, 0.717) is 15.6 Å². The maximum atomic E-state index is 8.79. The van der Waals surface area contributed by atoms with E-state index in [4.69, 9.17) is 28.5 Å². The lowest BCUT2D eigenvalue weighted by Gasteiger charge is -2.19. The maximum Gasteiger partial charge on any atom is 0.101 e. The summed E-state index contributed by atoms with van der Waals surface area (Å²) >= 11 is 12.1. The Morgan fingerprint density at radius 2 is 1.80 bits per heavy atom. The molecule has 2 nitrogen and oxygen atoms in total. The van der Waals surface area contributed by atoms with Crippen LogP contribution in [0.5, 0.6) is 0 Å². The number of benzene rings is 1. The number of nitrogens with zero attached hydrogens (tertiary/aromatic N) is 2. The molecule has 0 bridgehead atoms. The minimum atomic E-state index is 0.364. The molecule has 0 radical (unpaired) electrons. The van der Waals surface area contributed by atoms with Gasteiger partial charge in [-0.25, -0.2) is 0 Å². The minimum absolute atomic E-state index is 0.364. The highest BCUT2D eigenvalue weighted by atomic mass is 35.5. The topological polar surface area (TPSA) is 27.0 Å². The first-order valence-electron chi connectivity index (χ1n) is 4.87. The summed E-state index contributed by atoms with van der Waals surface area (Å²) in [4.78, 5) is 2.20. The zero-order chi connectivity index (χ0) is 10.8. The highest BCUT2D eigenvalue weighted by Crippen LogP contribution is 2.36. The molecule has 1 aliphatic heterocycles. The van der Waals surface area contributed by atoms with Gasteiger partial charge in [-0.1, -0.05) is 23.2 Å². The fraction of sp³-hybridized carbons (Fsp3) is 0.364. The maximum absolute atomic E-state index is 8.79. The smallest absolute Gasteiger partial charge is 0.101 e. The molecule has 1 aliphatic rings. The second kappa shape index (κ2) is 4.30. The second-order valence-corrected chi connectivity index (χ2v) is 4.32. The molecule has 0 atom stereocenters. The Morgan fingerprint density at radius 3 is 2.40 bits per heavy atom. The van der Waals surface area contributed by atoms with Crippen LogP contribution in [-0.4, -0.2) is 13.1 Å². The second-order valence-electron chi connectivity index (χ2n) is 3.57. The lowest BCUT2D eigenvalue weighted by Crippen LogP contribution is -2.18. The van der Waals surface area contributed by atoms with E-state index < -0.39 is 0 Å². The Morgan fingerprint density at radius 1 is 1.13 bits per heavy atom. The number of nitriles is 1. The molecular formula is C11H10Cl2N2. The van der Waals surface area contributed by atoms with E-state index in [9.17, 15) is 0 Å². The summed E-state index contributed by atoms with van der Waals surface area (Å²) in [6.45, 7) is 2.03. The molecule has 1 fully saturated rings. The number of anilines is 1. The van der Waals surface area contributed by atoms with Gasteiger partial charge in [-0.3, -0.25) is 0 Å². The van der Waals surface area contributed by atoms with Crippen molar-refractivity contribution in [2.45, 2.75) is 12.8 Å². The van der Waals surface area contributed by atoms with Gasteiger partial charge in [0.05, 0.1) is 21.3 Å². The summed E-state index contributed by atoms with van der Waals surface area (Å²) in [5, 5.41) is 9.65. The van der Waals surface area contributed by atoms with Gasteiger partial charge in [0.15, 0.2) is 0 Å². The first-order chi connectivity index (χ1) is 7.24. The van der Waals surface area contributed by atoms with E-state index in [1.54, 1.807) is 6.07 Å². The van der Waals surface area contributed by atoms with Gasteiger partial charge in [-0.05, 0) is 25.0 Å². The summed E-state index contributed by atoms with van der Waals surface area (Å²) in [7, 11) is 0. The van der Waals surface area contributed by atoms with Gasteiger partial charge in [0.2, 0.25) is 0 Å². The molecule has 2 rings (SSSR count). The van der Waals surface area contributed by atoms with Gasteiger partial charge in [0, 0.05) is 13.1 Å². The van der Waals surface area contributed by atoms with Crippen molar-refractivity contribution in [3.8, 4) is 6.07 Å². The monoisotopic (exact) mass is 240 g/mol. The van der Waals surface area contributed by atoms with Crippen LogP contribution < -0.4 is 4.90 Å². The van der Waals surface area contributed by atoms with E-state index in [0.717, 1.165) is 18.8 Å². The molecule has 0 unspecified atom stereocenters. The fourth-order valence-electron chi connectivity index (χ4n) is 1.83. The van der Waals surface area contributed by atoms with Crippen LogP contribution in [0.25, 0.3) is 0 Å². The number of rotatable bonds is 1. The van der Waals surface area contributed by atoms with Crippen molar-refractivity contribution < 1.29 is 0 Å². The van der Waals surface area contributed by atoms with Crippen LogP contribution in [0, 0.1) is 11.3 Å². The molecule has 0 aliphatic carbocycles. The van der Waals surface area contributed by atoms with Crippen LogP contribution in [0.4, 0.5) is 5.69 Å². The number of hydrogen-bond acceptors (Lipinski definition) is 2. The average Bonchev–Trinajstić information content (AvgIpc) is 2.75. The Bertz CT molecular complexity index is 417. The summed E-state index contributed by atoms with van der Waals surface area (Å²) in [5.41, 5.74) is 1.38. The van der Waals surface area contributed by atoms with Crippen LogP contribution in [0.1, 0.15) is 18.4 Å². The summed E-state index contributed by atoms with van der Waals surface area (Å²) in [6.07, 6.45) is 2.38. The van der Waals surface area contributed by atoms with Gasteiger partial charge in [-0.2, -0.15) is 5.26 Å². The van der Waals surface area contributed by atoms with Crippen molar-refractivity contribution in [2.75, 3.05) is 18.0 Å². The molecule has 0 N–H and O–H groups in total. The Labute approximate surface area is 99.0 Å². The zero-order valence-electron chi connectivity index (χ0n) is 8.13. The van der Waals surface area contributed by atoms with Gasteiger partial charge in [-0.15, -0.1) is 0 Å².